The zero-order valence-corrected chi connectivity index (χ0v) is 11.8. The predicted octanol–water partition coefficient (Wildman–Crippen LogP) is 2.70. The molecule has 0 aliphatic carbocycles. The lowest BCUT2D eigenvalue weighted by atomic mass is 10.2. The molecule has 2 N–H and O–H groups in total. The molecule has 20 heavy (non-hydrogen) atoms. The average molecular weight is 302 g/mol. The quantitative estimate of drug-likeness (QED) is 0.944. The molecule has 108 valence electrons. The first-order valence-corrected chi connectivity index (χ1v) is 6.30. The van der Waals surface area contributed by atoms with Crippen LogP contribution >= 0.6 is 11.6 Å². The van der Waals surface area contributed by atoms with Gasteiger partial charge in [-0.05, 0) is 24.6 Å². The zero-order valence-electron chi connectivity index (χ0n) is 11.1. The maximum Gasteiger partial charge on any atom is 0.191 e. The fraction of sp³-hybridized carbons (Fsp3) is 0.308. The summed E-state index contributed by atoms with van der Waals surface area (Å²) in [5, 5.41) is 4.52. The molecular formula is C13H14ClF2N3O. The standard InChI is InChI=1S/C13H14ClF2N3O/c1-7-12(14)11(19(2)18-7)6-20-13-9(15)3-8(5-17)4-10(13)16/h3-4H,5-6,17H2,1-2H3. The van der Waals surface area contributed by atoms with Gasteiger partial charge in [-0.3, -0.25) is 4.68 Å². The van der Waals surface area contributed by atoms with Gasteiger partial charge in [-0.25, -0.2) is 8.78 Å². The molecule has 2 aromatic rings. The summed E-state index contributed by atoms with van der Waals surface area (Å²) in [6, 6.07) is 2.29. The first-order chi connectivity index (χ1) is 9.43. The van der Waals surface area contributed by atoms with Crippen LogP contribution in [0.3, 0.4) is 0 Å². The molecule has 1 heterocycles. The molecule has 2 rings (SSSR count). The third-order valence-electron chi connectivity index (χ3n) is 2.91. The van der Waals surface area contributed by atoms with Crippen molar-refractivity contribution >= 4 is 11.6 Å². The number of ether oxygens (including phenoxy) is 1. The van der Waals surface area contributed by atoms with E-state index in [1.165, 1.54) is 4.68 Å². The summed E-state index contributed by atoms with van der Waals surface area (Å²) in [4.78, 5) is 0. The maximum atomic E-state index is 13.7. The van der Waals surface area contributed by atoms with Crippen LogP contribution < -0.4 is 10.5 Å². The molecule has 0 saturated carbocycles. The van der Waals surface area contributed by atoms with Crippen LogP contribution in [0.2, 0.25) is 5.02 Å². The van der Waals surface area contributed by atoms with Gasteiger partial charge in [-0.2, -0.15) is 5.10 Å². The van der Waals surface area contributed by atoms with E-state index in [-0.39, 0.29) is 13.2 Å². The fourth-order valence-corrected chi connectivity index (χ4v) is 2.06. The highest BCUT2D eigenvalue weighted by atomic mass is 35.5. The van der Waals surface area contributed by atoms with Gasteiger partial charge in [-0.15, -0.1) is 0 Å². The van der Waals surface area contributed by atoms with Crippen LogP contribution in [0.4, 0.5) is 8.78 Å². The lowest BCUT2D eigenvalue weighted by molar-refractivity contribution is 0.265. The van der Waals surface area contributed by atoms with Crippen molar-refractivity contribution in [3.05, 3.63) is 45.7 Å². The van der Waals surface area contributed by atoms with Crippen LogP contribution in [0.5, 0.6) is 5.75 Å². The lowest BCUT2D eigenvalue weighted by Gasteiger charge is -2.10. The molecular weight excluding hydrogens is 288 g/mol. The van der Waals surface area contributed by atoms with Crippen molar-refractivity contribution in [2.45, 2.75) is 20.1 Å². The van der Waals surface area contributed by atoms with E-state index in [2.05, 4.69) is 5.10 Å². The molecule has 0 atom stereocenters. The summed E-state index contributed by atoms with van der Waals surface area (Å²) < 4.78 is 34.2. The van der Waals surface area contributed by atoms with Gasteiger partial charge in [-0.1, -0.05) is 11.6 Å². The fourth-order valence-electron chi connectivity index (χ4n) is 1.85. The number of halogens is 3. The molecule has 0 spiro atoms. The highest BCUT2D eigenvalue weighted by Crippen LogP contribution is 2.26. The van der Waals surface area contributed by atoms with E-state index in [0.717, 1.165) is 12.1 Å². The summed E-state index contributed by atoms with van der Waals surface area (Å²) in [5.74, 6) is -2.03. The number of rotatable bonds is 4. The monoisotopic (exact) mass is 301 g/mol. The van der Waals surface area contributed by atoms with Crippen molar-refractivity contribution in [1.29, 1.82) is 0 Å². The van der Waals surface area contributed by atoms with Gasteiger partial charge in [0.15, 0.2) is 17.4 Å². The number of aromatic nitrogens is 2. The number of benzene rings is 1. The van der Waals surface area contributed by atoms with Crippen LogP contribution in [0.25, 0.3) is 0 Å². The molecule has 7 heteroatoms. The van der Waals surface area contributed by atoms with Crippen LogP contribution in [0.1, 0.15) is 17.0 Å². The van der Waals surface area contributed by atoms with Crippen LogP contribution in [0.15, 0.2) is 12.1 Å². The number of aryl methyl sites for hydroxylation is 2. The number of hydrogen-bond acceptors (Lipinski definition) is 3. The molecule has 0 amide bonds. The predicted molar refractivity (Wildman–Crippen MR) is 71.5 cm³/mol. The van der Waals surface area contributed by atoms with E-state index in [1.807, 2.05) is 0 Å². The normalized spacial score (nSPS) is 10.9. The van der Waals surface area contributed by atoms with Gasteiger partial charge < -0.3 is 10.5 Å². The van der Waals surface area contributed by atoms with Crippen molar-refractivity contribution < 1.29 is 13.5 Å². The number of nitrogens with zero attached hydrogens (tertiary/aromatic N) is 2. The van der Waals surface area contributed by atoms with Crippen molar-refractivity contribution in [3.63, 3.8) is 0 Å². The maximum absolute atomic E-state index is 13.7. The summed E-state index contributed by atoms with van der Waals surface area (Å²) in [7, 11) is 1.68. The van der Waals surface area contributed by atoms with Gasteiger partial charge >= 0.3 is 0 Å². The largest absolute Gasteiger partial charge is 0.481 e. The Bertz CT molecular complexity index is 620. The Labute approximate surface area is 120 Å². The minimum atomic E-state index is -0.791. The second-order valence-corrected chi connectivity index (χ2v) is 4.73. The smallest absolute Gasteiger partial charge is 0.191 e. The van der Waals surface area contributed by atoms with Crippen molar-refractivity contribution in [1.82, 2.24) is 9.78 Å². The summed E-state index contributed by atoms with van der Waals surface area (Å²) in [5.41, 5.74) is 6.88. The van der Waals surface area contributed by atoms with Crippen molar-refractivity contribution in [3.8, 4) is 5.75 Å². The summed E-state index contributed by atoms with van der Waals surface area (Å²) in [6.45, 7) is 1.72. The molecule has 0 bridgehead atoms. The highest BCUT2D eigenvalue weighted by molar-refractivity contribution is 6.31. The zero-order chi connectivity index (χ0) is 14.9. The molecule has 0 saturated heterocycles. The van der Waals surface area contributed by atoms with Gasteiger partial charge in [0, 0.05) is 13.6 Å². The van der Waals surface area contributed by atoms with E-state index in [0.29, 0.717) is 22.0 Å². The molecule has 0 unspecified atom stereocenters. The van der Waals surface area contributed by atoms with Crippen LogP contribution in [0, 0.1) is 18.6 Å². The Hall–Kier alpha value is -1.66. The molecule has 1 aromatic heterocycles. The third-order valence-corrected chi connectivity index (χ3v) is 3.40. The van der Waals surface area contributed by atoms with Crippen molar-refractivity contribution in [2.24, 2.45) is 12.8 Å². The molecule has 0 aliphatic heterocycles. The molecule has 0 aliphatic rings. The van der Waals surface area contributed by atoms with Crippen LogP contribution in [-0.2, 0) is 20.2 Å². The van der Waals surface area contributed by atoms with Gasteiger partial charge in [0.1, 0.15) is 6.61 Å². The van der Waals surface area contributed by atoms with E-state index >= 15 is 0 Å². The Kier molecular flexibility index (Phi) is 4.25. The van der Waals surface area contributed by atoms with Gasteiger partial charge in [0.2, 0.25) is 0 Å². The number of nitrogens with two attached hydrogens (primary N) is 1. The van der Waals surface area contributed by atoms with E-state index < -0.39 is 17.4 Å². The molecule has 0 fully saturated rings. The first-order valence-electron chi connectivity index (χ1n) is 5.92. The number of hydrogen-bond donors (Lipinski definition) is 1. The second-order valence-electron chi connectivity index (χ2n) is 4.35. The minimum absolute atomic E-state index is 0.0564. The lowest BCUT2D eigenvalue weighted by Crippen LogP contribution is -2.07. The SMILES string of the molecule is Cc1nn(C)c(COc2c(F)cc(CN)cc2F)c1Cl. The van der Waals surface area contributed by atoms with E-state index in [1.54, 1.807) is 14.0 Å². The first kappa shape index (κ1) is 14.7. The van der Waals surface area contributed by atoms with Gasteiger partial charge in [0.25, 0.3) is 0 Å². The average Bonchev–Trinajstić information content (AvgIpc) is 2.63. The van der Waals surface area contributed by atoms with E-state index in [9.17, 15) is 8.78 Å². The summed E-state index contributed by atoms with van der Waals surface area (Å²) >= 11 is 6.04. The minimum Gasteiger partial charge on any atom is -0.481 e. The molecule has 0 radical (unpaired) electrons. The Morgan fingerprint density at radius 1 is 1.35 bits per heavy atom. The molecule has 1 aromatic carbocycles. The Morgan fingerprint density at radius 3 is 2.40 bits per heavy atom. The van der Waals surface area contributed by atoms with E-state index in [4.69, 9.17) is 22.1 Å². The highest BCUT2D eigenvalue weighted by Gasteiger charge is 2.16. The third kappa shape index (κ3) is 2.76. The topological polar surface area (TPSA) is 53.1 Å². The molecule has 4 nitrogen and oxygen atoms in total. The van der Waals surface area contributed by atoms with Crippen LogP contribution in [-0.4, -0.2) is 9.78 Å². The Morgan fingerprint density at radius 2 is 1.95 bits per heavy atom. The summed E-state index contributed by atoms with van der Waals surface area (Å²) in [6.07, 6.45) is 0. The Balaban J connectivity index is 2.23. The van der Waals surface area contributed by atoms with Crippen molar-refractivity contribution in [2.75, 3.05) is 0 Å². The van der Waals surface area contributed by atoms with Gasteiger partial charge in [0.05, 0.1) is 16.4 Å². The second kappa shape index (κ2) is 5.76.